The second-order valence-corrected chi connectivity index (χ2v) is 12.1. The number of allylic oxidation sites excluding steroid dienone is 2. The van der Waals surface area contributed by atoms with E-state index in [1.807, 2.05) is 6.92 Å². The van der Waals surface area contributed by atoms with Crippen LogP contribution in [0.1, 0.15) is 59.8 Å². The quantitative estimate of drug-likeness (QED) is 0.204. The van der Waals surface area contributed by atoms with E-state index in [0.29, 0.717) is 5.57 Å². The Bertz CT molecular complexity index is 1140. The van der Waals surface area contributed by atoms with Crippen molar-refractivity contribution in [2.75, 3.05) is 6.61 Å². The molecule has 0 aromatic carbocycles. The lowest BCUT2D eigenvalue weighted by atomic mass is 9.38. The average Bonchev–Trinajstić information content (AvgIpc) is 3.14. The molecule has 5 aliphatic rings. The maximum atomic E-state index is 13.4. The third-order valence-corrected chi connectivity index (χ3v) is 10.0. The number of ether oxygens (including phenoxy) is 3. The van der Waals surface area contributed by atoms with E-state index in [1.54, 1.807) is 13.8 Å². The van der Waals surface area contributed by atoms with Crippen LogP contribution in [-0.4, -0.2) is 69.9 Å². The summed E-state index contributed by atoms with van der Waals surface area (Å²) in [6.45, 7) is 11.3. The minimum Gasteiger partial charge on any atom is -0.459 e. The molecule has 5 rings (SSSR count). The van der Waals surface area contributed by atoms with E-state index in [2.05, 4.69) is 13.5 Å². The number of rotatable bonds is 6. The largest absolute Gasteiger partial charge is 0.459 e. The highest BCUT2D eigenvalue weighted by atomic mass is 16.7. The molecule has 10 atom stereocenters. The Morgan fingerprint density at radius 3 is 2.66 bits per heavy atom. The van der Waals surface area contributed by atoms with Crippen LogP contribution in [0, 0.1) is 28.6 Å². The summed E-state index contributed by atoms with van der Waals surface area (Å²) in [7, 11) is 0. The molecule has 0 aromatic heterocycles. The normalized spacial score (nSPS) is 45.7. The van der Waals surface area contributed by atoms with Gasteiger partial charge < -0.3 is 29.5 Å². The van der Waals surface area contributed by atoms with Gasteiger partial charge in [-0.1, -0.05) is 44.4 Å². The number of esters is 2. The highest BCUT2D eigenvalue weighted by molar-refractivity contribution is 5.96. The second-order valence-electron chi connectivity index (χ2n) is 12.1. The van der Waals surface area contributed by atoms with Gasteiger partial charge in [0.1, 0.15) is 18.3 Å². The third kappa shape index (κ3) is 3.48. The Balaban J connectivity index is 1.57. The van der Waals surface area contributed by atoms with Crippen LogP contribution in [0.5, 0.6) is 0 Å². The summed E-state index contributed by atoms with van der Waals surface area (Å²) in [4.78, 5) is 39.1. The van der Waals surface area contributed by atoms with Gasteiger partial charge in [-0.15, -0.1) is 0 Å². The van der Waals surface area contributed by atoms with E-state index < -0.39 is 76.5 Å². The molecule has 2 bridgehead atoms. The molecule has 2 heterocycles. The molecule has 1 spiro atoms. The highest BCUT2D eigenvalue weighted by Gasteiger charge is 2.83. The predicted octanol–water partition coefficient (Wildman–Crippen LogP) is 2.13. The summed E-state index contributed by atoms with van der Waals surface area (Å²) in [5, 5.41) is 34.4. The Hall–Kier alpha value is -2.33. The van der Waals surface area contributed by atoms with Crippen LogP contribution in [0.25, 0.3) is 0 Å². The smallest absolute Gasteiger partial charge is 0.348 e. The molecule has 3 aliphatic carbocycles. The van der Waals surface area contributed by atoms with Crippen LogP contribution >= 0.6 is 0 Å². The molecule has 208 valence electrons. The lowest BCUT2D eigenvalue weighted by Gasteiger charge is -2.67. The number of aliphatic hydroxyl groups is 3. The van der Waals surface area contributed by atoms with Gasteiger partial charge >= 0.3 is 11.9 Å². The van der Waals surface area contributed by atoms with Crippen molar-refractivity contribution in [3.63, 3.8) is 0 Å². The maximum absolute atomic E-state index is 13.4. The van der Waals surface area contributed by atoms with Gasteiger partial charge in [-0.3, -0.25) is 4.79 Å². The SMILES string of the molecule is C=C1[C@@H](O)[C@]2(O)OC[C@@]34[C@H]1[C@@H](OC(=O)/C=C(\C)CCCCC)C(=O)O[C@@H]3C[C@H]1C(C)=CC(=O)[C@@H](O)[C@]1(C)[C@@H]24. The first-order valence-electron chi connectivity index (χ1n) is 13.5. The monoisotopic (exact) mass is 530 g/mol. The van der Waals surface area contributed by atoms with Gasteiger partial charge in [0.25, 0.3) is 0 Å². The number of fused-ring (bicyclic) bond motifs is 1. The Labute approximate surface area is 222 Å². The zero-order valence-corrected chi connectivity index (χ0v) is 22.4. The summed E-state index contributed by atoms with van der Waals surface area (Å²) < 4.78 is 17.6. The summed E-state index contributed by atoms with van der Waals surface area (Å²) in [6, 6.07) is 0. The first-order valence-corrected chi connectivity index (χ1v) is 13.5. The summed E-state index contributed by atoms with van der Waals surface area (Å²) in [5.41, 5.74) is -0.791. The first kappa shape index (κ1) is 27.2. The maximum Gasteiger partial charge on any atom is 0.348 e. The minimum absolute atomic E-state index is 0.107. The predicted molar refractivity (Wildman–Crippen MR) is 134 cm³/mol. The van der Waals surface area contributed by atoms with Gasteiger partial charge in [0, 0.05) is 23.3 Å². The van der Waals surface area contributed by atoms with Crippen molar-refractivity contribution in [3.8, 4) is 0 Å². The van der Waals surface area contributed by atoms with E-state index in [9.17, 15) is 29.7 Å². The minimum atomic E-state index is -2.17. The van der Waals surface area contributed by atoms with Crippen LogP contribution < -0.4 is 0 Å². The van der Waals surface area contributed by atoms with Gasteiger partial charge in [-0.25, -0.2) is 9.59 Å². The zero-order chi connectivity index (χ0) is 27.8. The molecule has 9 heteroatoms. The molecule has 2 aliphatic heterocycles. The molecular formula is C29H38O9. The Morgan fingerprint density at radius 2 is 1.97 bits per heavy atom. The molecule has 4 fully saturated rings. The highest BCUT2D eigenvalue weighted by Crippen LogP contribution is 2.73. The summed E-state index contributed by atoms with van der Waals surface area (Å²) in [5.74, 6) is -6.51. The Morgan fingerprint density at radius 1 is 1.26 bits per heavy atom. The van der Waals surface area contributed by atoms with Crippen molar-refractivity contribution < 1.29 is 43.9 Å². The fourth-order valence-corrected chi connectivity index (χ4v) is 8.39. The first-order chi connectivity index (χ1) is 17.8. The van der Waals surface area contributed by atoms with Gasteiger partial charge in [-0.2, -0.15) is 0 Å². The number of ketones is 1. The van der Waals surface area contributed by atoms with Crippen molar-refractivity contribution in [3.05, 3.63) is 35.5 Å². The molecule has 2 saturated heterocycles. The third-order valence-electron chi connectivity index (χ3n) is 10.0. The van der Waals surface area contributed by atoms with Crippen LogP contribution in [0.4, 0.5) is 0 Å². The van der Waals surface area contributed by atoms with Crippen molar-refractivity contribution in [2.24, 2.45) is 28.6 Å². The van der Waals surface area contributed by atoms with Crippen LogP contribution in [0.2, 0.25) is 0 Å². The van der Waals surface area contributed by atoms with Gasteiger partial charge in [-0.05, 0) is 50.7 Å². The molecule has 3 N–H and O–H groups in total. The zero-order valence-electron chi connectivity index (χ0n) is 22.4. The number of unbranched alkanes of at least 4 members (excludes halogenated alkanes) is 2. The number of aliphatic hydroxyl groups excluding tert-OH is 2. The van der Waals surface area contributed by atoms with Gasteiger partial charge in [0.05, 0.1) is 12.0 Å². The van der Waals surface area contributed by atoms with Crippen molar-refractivity contribution in [2.45, 2.75) is 90.0 Å². The van der Waals surface area contributed by atoms with Gasteiger partial charge in [0.15, 0.2) is 11.6 Å². The molecule has 2 saturated carbocycles. The molecule has 0 aromatic rings. The van der Waals surface area contributed by atoms with Crippen LogP contribution in [0.3, 0.4) is 0 Å². The number of carbonyl (C=O) groups excluding carboxylic acids is 3. The van der Waals surface area contributed by atoms with E-state index in [1.165, 1.54) is 12.2 Å². The fourth-order valence-electron chi connectivity index (χ4n) is 8.39. The lowest BCUT2D eigenvalue weighted by molar-refractivity contribution is -0.311. The topological polar surface area (TPSA) is 140 Å². The molecular weight excluding hydrogens is 492 g/mol. The van der Waals surface area contributed by atoms with Crippen LogP contribution in [-0.2, 0) is 28.6 Å². The average molecular weight is 531 g/mol. The van der Waals surface area contributed by atoms with Crippen molar-refractivity contribution in [1.82, 2.24) is 0 Å². The standard InChI is InChI=1S/C29H38O9/c1-6-7-8-9-14(2)10-20(31)38-22-21-16(4)23(32)29(35)26-27(5)17(15(3)11-18(30)24(27)33)12-19(37-25(22)34)28(21,26)13-36-29/h10-11,17,19,21-24,26,32-33,35H,4,6-9,12-13H2,1-3,5H3/b14-10+/t17-,19+,21+,22+,23+,24+,26+,27+,28-,29-/m0/s1. The van der Waals surface area contributed by atoms with Crippen LogP contribution in [0.15, 0.2) is 35.5 Å². The molecule has 38 heavy (non-hydrogen) atoms. The molecule has 0 unspecified atom stereocenters. The molecule has 0 radical (unpaired) electrons. The van der Waals surface area contributed by atoms with Crippen molar-refractivity contribution in [1.29, 1.82) is 0 Å². The second kappa shape index (κ2) is 9.11. The number of hydrogen-bond donors (Lipinski definition) is 3. The fraction of sp³-hybridized carbons (Fsp3) is 0.690. The van der Waals surface area contributed by atoms with E-state index in [-0.39, 0.29) is 18.6 Å². The number of hydrogen-bond acceptors (Lipinski definition) is 9. The van der Waals surface area contributed by atoms with E-state index >= 15 is 0 Å². The van der Waals surface area contributed by atoms with Crippen molar-refractivity contribution >= 4 is 17.7 Å². The lowest BCUT2D eigenvalue weighted by Crippen LogP contribution is -2.76. The van der Waals surface area contributed by atoms with E-state index in [4.69, 9.17) is 14.2 Å². The van der Waals surface area contributed by atoms with Gasteiger partial charge in [0.2, 0.25) is 6.10 Å². The van der Waals surface area contributed by atoms with E-state index in [0.717, 1.165) is 31.3 Å². The summed E-state index contributed by atoms with van der Waals surface area (Å²) >= 11 is 0. The molecule has 9 nitrogen and oxygen atoms in total. The summed E-state index contributed by atoms with van der Waals surface area (Å²) in [6.07, 6.45) is 1.45. The molecule has 0 amide bonds. The number of carbonyl (C=O) groups is 3. The Kier molecular flexibility index (Phi) is 6.53.